The highest BCUT2D eigenvalue weighted by Gasteiger charge is 2.17. The van der Waals surface area contributed by atoms with E-state index in [1.54, 1.807) is 0 Å². The number of rotatable bonds is 5. The molecule has 11 rings (SSSR count). The third-order valence-corrected chi connectivity index (χ3v) is 11.5. The Kier molecular flexibility index (Phi) is 7.58. The first kappa shape index (κ1) is 33.0. The molecule has 0 fully saturated rings. The average Bonchev–Trinajstić information content (AvgIpc) is 3.66. The molecule has 0 unspecified atom stereocenters. The topological polar surface area (TPSA) is 51.8 Å². The molecule has 0 N–H and O–H groups in total. The van der Waals surface area contributed by atoms with Crippen LogP contribution in [0.25, 0.3) is 111 Å². The van der Waals surface area contributed by atoms with Crippen molar-refractivity contribution in [3.63, 3.8) is 0 Å². The van der Waals surface area contributed by atoms with Crippen LogP contribution in [0.1, 0.15) is 11.1 Å². The zero-order chi connectivity index (χ0) is 38.0. The lowest BCUT2D eigenvalue weighted by Gasteiger charge is -2.12. The van der Waals surface area contributed by atoms with E-state index in [1.165, 1.54) is 49.0 Å². The van der Waals surface area contributed by atoms with Crippen molar-refractivity contribution < 1.29 is 4.42 Å². The number of aromatic nitrogens is 3. The third-order valence-electron chi connectivity index (χ3n) is 11.5. The van der Waals surface area contributed by atoms with Crippen molar-refractivity contribution in [3.8, 4) is 56.4 Å². The zero-order valence-corrected chi connectivity index (χ0v) is 31.5. The summed E-state index contributed by atoms with van der Waals surface area (Å²) in [5.74, 6) is 1.94. The first-order valence-corrected chi connectivity index (χ1v) is 19.3. The van der Waals surface area contributed by atoms with Gasteiger partial charge in [-0.2, -0.15) is 0 Å². The number of fused-ring (bicyclic) bond motifs is 9. The lowest BCUT2D eigenvalue weighted by Crippen LogP contribution is -2.00. The highest BCUT2D eigenvalue weighted by Crippen LogP contribution is 2.41. The van der Waals surface area contributed by atoms with Crippen molar-refractivity contribution in [2.75, 3.05) is 0 Å². The van der Waals surface area contributed by atoms with Gasteiger partial charge in [-0.1, -0.05) is 146 Å². The smallest absolute Gasteiger partial charge is 0.164 e. The minimum Gasteiger partial charge on any atom is -0.456 e. The molecule has 0 aliphatic carbocycles. The molecular weight excluding hydrogens is 695 g/mol. The molecule has 0 radical (unpaired) electrons. The molecular formula is C53H35N3O. The van der Waals surface area contributed by atoms with Gasteiger partial charge in [0.25, 0.3) is 0 Å². The van der Waals surface area contributed by atoms with E-state index in [0.717, 1.165) is 55.3 Å². The van der Waals surface area contributed by atoms with Gasteiger partial charge in [-0.15, -0.1) is 0 Å². The Balaban J connectivity index is 1.01. The molecule has 268 valence electrons. The molecule has 2 aromatic heterocycles. The van der Waals surface area contributed by atoms with E-state index in [2.05, 4.69) is 159 Å². The number of nitrogens with zero attached hydrogens (tertiary/aromatic N) is 3. The maximum absolute atomic E-state index is 6.47. The second-order valence-corrected chi connectivity index (χ2v) is 14.9. The van der Waals surface area contributed by atoms with Gasteiger partial charge in [0.2, 0.25) is 0 Å². The molecule has 0 amide bonds. The van der Waals surface area contributed by atoms with Crippen LogP contribution in [-0.4, -0.2) is 15.0 Å². The molecule has 0 bridgehead atoms. The second-order valence-electron chi connectivity index (χ2n) is 14.9. The summed E-state index contributed by atoms with van der Waals surface area (Å²) in [6.07, 6.45) is 0. The van der Waals surface area contributed by atoms with Gasteiger partial charge in [0.15, 0.2) is 17.5 Å². The Morgan fingerprint density at radius 2 is 0.825 bits per heavy atom. The summed E-state index contributed by atoms with van der Waals surface area (Å²) in [4.78, 5) is 14.9. The molecule has 0 spiro atoms. The van der Waals surface area contributed by atoms with Gasteiger partial charge in [-0.25, -0.2) is 15.0 Å². The van der Waals surface area contributed by atoms with Gasteiger partial charge in [0, 0.05) is 27.5 Å². The lowest BCUT2D eigenvalue weighted by molar-refractivity contribution is 0.669. The van der Waals surface area contributed by atoms with Gasteiger partial charge in [-0.3, -0.25) is 0 Å². The Morgan fingerprint density at radius 1 is 0.316 bits per heavy atom. The van der Waals surface area contributed by atoms with E-state index < -0.39 is 0 Å². The van der Waals surface area contributed by atoms with Crippen LogP contribution in [-0.2, 0) is 0 Å². The molecule has 9 aromatic carbocycles. The molecule has 0 saturated heterocycles. The monoisotopic (exact) mass is 729 g/mol. The zero-order valence-electron chi connectivity index (χ0n) is 31.5. The molecule has 4 heteroatoms. The van der Waals surface area contributed by atoms with Crippen LogP contribution >= 0.6 is 0 Å². The molecule has 0 saturated carbocycles. The van der Waals surface area contributed by atoms with Crippen LogP contribution in [0.2, 0.25) is 0 Å². The number of hydrogen-bond acceptors (Lipinski definition) is 4. The summed E-state index contributed by atoms with van der Waals surface area (Å²) < 4.78 is 6.47. The van der Waals surface area contributed by atoms with E-state index in [4.69, 9.17) is 19.4 Å². The quantitative estimate of drug-likeness (QED) is 0.166. The van der Waals surface area contributed by atoms with Crippen LogP contribution in [0.3, 0.4) is 0 Å². The Morgan fingerprint density at radius 3 is 1.49 bits per heavy atom. The fourth-order valence-corrected chi connectivity index (χ4v) is 8.36. The average molecular weight is 730 g/mol. The summed E-state index contributed by atoms with van der Waals surface area (Å²) in [5, 5.41) is 9.82. The molecule has 2 heterocycles. The SMILES string of the molecule is Cc1ccc(-c2nc(-c3ccccc3)nc(-c3ccc(-c4cccc5oc6ccc(-c7ccc8c9ccccc9c9ccccc9c8c7)cc6c45)cc3)n2)cc1C. The Hall–Kier alpha value is -7.43. The first-order valence-electron chi connectivity index (χ1n) is 19.3. The second kappa shape index (κ2) is 13.1. The normalized spacial score (nSPS) is 11.7. The van der Waals surface area contributed by atoms with Crippen molar-refractivity contribution in [2.45, 2.75) is 13.8 Å². The predicted molar refractivity (Wildman–Crippen MR) is 236 cm³/mol. The number of aryl methyl sites for hydroxylation is 2. The maximum atomic E-state index is 6.47. The predicted octanol–water partition coefficient (Wildman–Crippen LogP) is 14.2. The number of hydrogen-bond donors (Lipinski definition) is 0. The summed E-state index contributed by atoms with van der Waals surface area (Å²) in [5.41, 5.74) is 11.5. The van der Waals surface area contributed by atoms with Crippen molar-refractivity contribution in [1.29, 1.82) is 0 Å². The summed E-state index contributed by atoms with van der Waals surface area (Å²) in [7, 11) is 0. The largest absolute Gasteiger partial charge is 0.456 e. The Bertz CT molecular complexity index is 3330. The van der Waals surface area contributed by atoms with Gasteiger partial charge in [0.1, 0.15) is 11.2 Å². The fourth-order valence-electron chi connectivity index (χ4n) is 8.36. The van der Waals surface area contributed by atoms with Crippen molar-refractivity contribution in [2.24, 2.45) is 0 Å². The van der Waals surface area contributed by atoms with Crippen molar-refractivity contribution >= 4 is 54.3 Å². The van der Waals surface area contributed by atoms with E-state index in [-0.39, 0.29) is 0 Å². The van der Waals surface area contributed by atoms with Crippen LogP contribution in [0.4, 0.5) is 0 Å². The number of benzene rings is 9. The fraction of sp³-hybridized carbons (Fsp3) is 0.0377. The van der Waals surface area contributed by atoms with Gasteiger partial charge >= 0.3 is 0 Å². The van der Waals surface area contributed by atoms with Gasteiger partial charge in [-0.05, 0) is 110 Å². The highest BCUT2D eigenvalue weighted by atomic mass is 16.3. The molecule has 0 atom stereocenters. The lowest BCUT2D eigenvalue weighted by atomic mass is 9.91. The Labute approximate surface area is 329 Å². The van der Waals surface area contributed by atoms with E-state index >= 15 is 0 Å². The number of furan rings is 1. The van der Waals surface area contributed by atoms with E-state index in [9.17, 15) is 0 Å². The standard InChI is InChI=1S/C53H35N3O/c1-32-19-20-39(29-33(32)2)53-55-51(35-11-4-3-5-12-35)54-52(56-53)36-23-21-34(22-24-36)40-17-10-18-49-50(40)47-31-38(26-28-48(47)57-49)37-25-27-45-43-15-7-6-13-41(43)42-14-8-9-16-44(42)46(45)30-37/h3-31H,1-2H3. The molecule has 0 aliphatic rings. The van der Waals surface area contributed by atoms with E-state index in [1.807, 2.05) is 30.3 Å². The summed E-state index contributed by atoms with van der Waals surface area (Å²) in [6, 6.07) is 62.2. The molecule has 0 aliphatic heterocycles. The first-order chi connectivity index (χ1) is 28.1. The minimum atomic E-state index is 0.636. The molecule has 4 nitrogen and oxygen atoms in total. The van der Waals surface area contributed by atoms with Crippen LogP contribution in [0, 0.1) is 13.8 Å². The van der Waals surface area contributed by atoms with Crippen LogP contribution < -0.4 is 0 Å². The summed E-state index contributed by atoms with van der Waals surface area (Å²) >= 11 is 0. The van der Waals surface area contributed by atoms with Gasteiger partial charge in [0.05, 0.1) is 0 Å². The van der Waals surface area contributed by atoms with Crippen molar-refractivity contribution in [3.05, 3.63) is 187 Å². The summed E-state index contributed by atoms with van der Waals surface area (Å²) in [6.45, 7) is 4.24. The van der Waals surface area contributed by atoms with Crippen LogP contribution in [0.15, 0.2) is 180 Å². The van der Waals surface area contributed by atoms with E-state index in [0.29, 0.717) is 17.5 Å². The maximum Gasteiger partial charge on any atom is 0.164 e. The van der Waals surface area contributed by atoms with Crippen molar-refractivity contribution in [1.82, 2.24) is 15.0 Å². The minimum absolute atomic E-state index is 0.636. The van der Waals surface area contributed by atoms with Gasteiger partial charge < -0.3 is 4.42 Å². The third kappa shape index (κ3) is 5.57. The molecule has 11 aromatic rings. The van der Waals surface area contributed by atoms with Crippen LogP contribution in [0.5, 0.6) is 0 Å². The highest BCUT2D eigenvalue weighted by molar-refractivity contribution is 6.26. The molecule has 57 heavy (non-hydrogen) atoms.